The third-order valence-corrected chi connectivity index (χ3v) is 7.83. The summed E-state index contributed by atoms with van der Waals surface area (Å²) in [7, 11) is -3.93. The average molecular weight is 375 g/mol. The van der Waals surface area contributed by atoms with E-state index in [9.17, 15) is 18.3 Å². The number of carboxylic acid groups (broad SMARTS) is 1. The first kappa shape index (κ1) is 16.5. The predicted octanol–water partition coefficient (Wildman–Crippen LogP) is 3.50. The lowest BCUT2D eigenvalue weighted by molar-refractivity contribution is -0.145. The molecular formula is C15H19BrO4S. The summed E-state index contributed by atoms with van der Waals surface area (Å²) < 4.78 is 24.4. The summed E-state index contributed by atoms with van der Waals surface area (Å²) in [5, 5.41) is 9.56. The summed E-state index contributed by atoms with van der Waals surface area (Å²) in [5.74, 6) is -1.16. The molecule has 0 saturated heterocycles. The first-order valence-electron chi connectivity index (χ1n) is 6.75. The van der Waals surface area contributed by atoms with Gasteiger partial charge in [0.25, 0.3) is 0 Å². The average Bonchev–Trinajstić information content (AvgIpc) is 2.24. The molecule has 0 radical (unpaired) electrons. The van der Waals surface area contributed by atoms with E-state index >= 15 is 0 Å². The first-order chi connectivity index (χ1) is 9.52. The van der Waals surface area contributed by atoms with Gasteiger partial charge in [0.05, 0.1) is 4.90 Å². The van der Waals surface area contributed by atoms with E-state index in [4.69, 9.17) is 0 Å². The fourth-order valence-electron chi connectivity index (χ4n) is 2.73. The number of hydrogen-bond donors (Lipinski definition) is 1. The van der Waals surface area contributed by atoms with Gasteiger partial charge >= 0.3 is 5.97 Å². The highest BCUT2D eigenvalue weighted by atomic mass is 79.9. The van der Waals surface area contributed by atoms with Gasteiger partial charge in [-0.3, -0.25) is 4.79 Å². The Morgan fingerprint density at radius 1 is 1.29 bits per heavy atom. The molecule has 1 aliphatic rings. The molecule has 1 aromatic carbocycles. The minimum absolute atomic E-state index is 0.0553. The summed E-state index contributed by atoms with van der Waals surface area (Å²) in [4.78, 5) is 11.8. The summed E-state index contributed by atoms with van der Waals surface area (Å²) in [5.41, 5.74) is -0.0949. The molecule has 1 fully saturated rings. The van der Waals surface area contributed by atoms with Gasteiger partial charge in [0.2, 0.25) is 0 Å². The number of carbonyl (C=O) groups is 1. The van der Waals surface area contributed by atoms with Crippen molar-refractivity contribution in [2.75, 3.05) is 0 Å². The quantitative estimate of drug-likeness (QED) is 0.878. The van der Waals surface area contributed by atoms with E-state index < -0.39 is 20.6 Å². The number of benzene rings is 1. The number of aliphatic carboxylic acids is 1. The van der Waals surface area contributed by atoms with E-state index in [0.717, 1.165) is 0 Å². The molecule has 0 spiro atoms. The molecule has 0 unspecified atom stereocenters. The van der Waals surface area contributed by atoms with Crippen LogP contribution >= 0.6 is 15.9 Å². The van der Waals surface area contributed by atoms with Gasteiger partial charge in [-0.1, -0.05) is 32.9 Å². The minimum Gasteiger partial charge on any atom is -0.480 e. The molecule has 1 N–H and O–H groups in total. The maximum absolute atomic E-state index is 12.9. The summed E-state index contributed by atoms with van der Waals surface area (Å²) in [6, 6.07) is 6.37. The molecule has 21 heavy (non-hydrogen) atoms. The minimum atomic E-state index is -3.93. The molecular weight excluding hydrogens is 356 g/mol. The van der Waals surface area contributed by atoms with Crippen molar-refractivity contribution >= 4 is 31.7 Å². The zero-order valence-corrected chi connectivity index (χ0v) is 14.7. The molecule has 1 aromatic rings. The lowest BCUT2D eigenvalue weighted by Crippen LogP contribution is -2.58. The van der Waals surface area contributed by atoms with Gasteiger partial charge in [-0.05, 0) is 52.2 Å². The molecule has 4 nitrogen and oxygen atoms in total. The second-order valence-corrected chi connectivity index (χ2v) is 9.79. The van der Waals surface area contributed by atoms with Gasteiger partial charge in [0, 0.05) is 4.47 Å². The number of halogens is 1. The van der Waals surface area contributed by atoms with Crippen LogP contribution in [0, 0.1) is 11.3 Å². The van der Waals surface area contributed by atoms with E-state index in [1.165, 1.54) is 6.07 Å². The maximum atomic E-state index is 12.9. The second kappa shape index (κ2) is 5.09. The Labute approximate surface area is 133 Å². The monoisotopic (exact) mass is 374 g/mol. The number of carboxylic acids is 1. The maximum Gasteiger partial charge on any atom is 0.325 e. The fourth-order valence-corrected chi connectivity index (χ4v) is 5.73. The zero-order valence-electron chi connectivity index (χ0n) is 12.3. The number of hydrogen-bond acceptors (Lipinski definition) is 3. The van der Waals surface area contributed by atoms with Gasteiger partial charge < -0.3 is 5.11 Å². The lowest BCUT2D eigenvalue weighted by Gasteiger charge is -2.49. The van der Waals surface area contributed by atoms with Crippen LogP contribution in [0.25, 0.3) is 0 Å². The third-order valence-electron chi connectivity index (χ3n) is 4.41. The molecule has 0 atom stereocenters. The lowest BCUT2D eigenvalue weighted by atomic mass is 9.62. The highest BCUT2D eigenvalue weighted by Crippen LogP contribution is 2.53. The summed E-state index contributed by atoms with van der Waals surface area (Å²) in [6.45, 7) is 6.03. The van der Waals surface area contributed by atoms with E-state index in [-0.39, 0.29) is 29.1 Å². The van der Waals surface area contributed by atoms with Crippen molar-refractivity contribution in [2.24, 2.45) is 11.3 Å². The van der Waals surface area contributed by atoms with Crippen LogP contribution in [-0.4, -0.2) is 24.2 Å². The van der Waals surface area contributed by atoms with Crippen LogP contribution in [0.4, 0.5) is 0 Å². The normalized spacial score (nSPS) is 26.2. The standard InChI is InChI=1S/C15H19BrO4S/c1-14(2,3)10-8-15(9-10,13(17)18)21(19,20)12-7-5-4-6-11(12)16/h4-7,10H,8-9H2,1-3H3,(H,17,18). The van der Waals surface area contributed by atoms with Gasteiger partial charge in [0.1, 0.15) is 0 Å². The van der Waals surface area contributed by atoms with Crippen molar-refractivity contribution in [3.63, 3.8) is 0 Å². The van der Waals surface area contributed by atoms with Crippen molar-refractivity contribution in [3.05, 3.63) is 28.7 Å². The van der Waals surface area contributed by atoms with Crippen LogP contribution in [0.15, 0.2) is 33.6 Å². The van der Waals surface area contributed by atoms with Crippen LogP contribution in [0.1, 0.15) is 33.6 Å². The van der Waals surface area contributed by atoms with E-state index in [2.05, 4.69) is 15.9 Å². The van der Waals surface area contributed by atoms with Crippen molar-refractivity contribution in [1.82, 2.24) is 0 Å². The molecule has 2 rings (SSSR count). The van der Waals surface area contributed by atoms with Crippen molar-refractivity contribution in [1.29, 1.82) is 0 Å². The molecule has 1 saturated carbocycles. The topological polar surface area (TPSA) is 71.4 Å². The van der Waals surface area contributed by atoms with E-state index in [1.807, 2.05) is 20.8 Å². The van der Waals surface area contributed by atoms with E-state index in [1.54, 1.807) is 18.2 Å². The largest absolute Gasteiger partial charge is 0.480 e. The van der Waals surface area contributed by atoms with Crippen molar-refractivity contribution in [2.45, 2.75) is 43.3 Å². The Kier molecular flexibility index (Phi) is 4.00. The Morgan fingerprint density at radius 2 is 1.81 bits per heavy atom. The molecule has 6 heteroatoms. The molecule has 116 valence electrons. The SMILES string of the molecule is CC(C)(C)C1CC(C(=O)O)(S(=O)(=O)c2ccccc2Br)C1. The third kappa shape index (κ3) is 2.52. The van der Waals surface area contributed by atoms with Crippen LogP contribution in [-0.2, 0) is 14.6 Å². The summed E-state index contributed by atoms with van der Waals surface area (Å²) >= 11 is 3.21. The molecule has 0 aliphatic heterocycles. The van der Waals surface area contributed by atoms with Crippen LogP contribution in [0.5, 0.6) is 0 Å². The number of rotatable bonds is 3. The van der Waals surface area contributed by atoms with Gasteiger partial charge in [0.15, 0.2) is 14.6 Å². The van der Waals surface area contributed by atoms with Crippen LogP contribution in [0.2, 0.25) is 0 Å². The first-order valence-corrected chi connectivity index (χ1v) is 9.02. The Hall–Kier alpha value is -0.880. The fraction of sp³-hybridized carbons (Fsp3) is 0.533. The molecule has 0 bridgehead atoms. The molecule has 0 aromatic heterocycles. The van der Waals surface area contributed by atoms with E-state index in [0.29, 0.717) is 4.47 Å². The molecule has 1 aliphatic carbocycles. The van der Waals surface area contributed by atoms with Crippen molar-refractivity contribution in [3.8, 4) is 0 Å². The molecule has 0 amide bonds. The van der Waals surface area contributed by atoms with Gasteiger partial charge in [-0.15, -0.1) is 0 Å². The smallest absolute Gasteiger partial charge is 0.325 e. The highest BCUT2D eigenvalue weighted by molar-refractivity contribution is 9.10. The Balaban J connectivity index is 2.47. The highest BCUT2D eigenvalue weighted by Gasteiger charge is 2.62. The van der Waals surface area contributed by atoms with Gasteiger partial charge in [-0.2, -0.15) is 0 Å². The van der Waals surface area contributed by atoms with Crippen LogP contribution < -0.4 is 0 Å². The van der Waals surface area contributed by atoms with Crippen molar-refractivity contribution < 1.29 is 18.3 Å². The van der Waals surface area contributed by atoms with Crippen LogP contribution in [0.3, 0.4) is 0 Å². The summed E-state index contributed by atoms with van der Waals surface area (Å²) in [6.07, 6.45) is 0.324. The zero-order chi connectivity index (χ0) is 16.1. The number of sulfone groups is 1. The second-order valence-electron chi connectivity index (χ2n) is 6.70. The van der Waals surface area contributed by atoms with Gasteiger partial charge in [-0.25, -0.2) is 8.42 Å². The molecule has 0 heterocycles. The Bertz CT molecular complexity index is 667. The Morgan fingerprint density at radius 3 is 2.24 bits per heavy atom. The predicted molar refractivity (Wildman–Crippen MR) is 83.9 cm³/mol.